The Kier molecular flexibility index (Phi) is 5.19. The van der Waals surface area contributed by atoms with E-state index in [-0.39, 0.29) is 5.56 Å². The highest BCUT2D eigenvalue weighted by Gasteiger charge is 2.17. The number of aromatic nitrogens is 2. The van der Waals surface area contributed by atoms with Gasteiger partial charge in [0.25, 0.3) is 5.56 Å². The molecule has 108 valence electrons. The third-order valence-corrected chi connectivity index (χ3v) is 3.60. The van der Waals surface area contributed by atoms with Gasteiger partial charge in [-0.1, -0.05) is 12.8 Å². The molecule has 1 saturated heterocycles. The van der Waals surface area contributed by atoms with Crippen molar-refractivity contribution in [2.45, 2.75) is 26.3 Å². The highest BCUT2D eigenvalue weighted by atomic mass is 16.1. The quantitative estimate of drug-likeness (QED) is 0.634. The summed E-state index contributed by atoms with van der Waals surface area (Å²) >= 11 is 0. The molecule has 1 aliphatic rings. The van der Waals surface area contributed by atoms with Crippen molar-refractivity contribution in [3.05, 3.63) is 22.6 Å². The van der Waals surface area contributed by atoms with Crippen molar-refractivity contribution in [3.8, 4) is 12.3 Å². The number of nitrogens with zero attached hydrogens (tertiary/aromatic N) is 3. The lowest BCUT2D eigenvalue weighted by Crippen LogP contribution is -2.36. The van der Waals surface area contributed by atoms with E-state index in [4.69, 9.17) is 6.42 Å². The van der Waals surface area contributed by atoms with Gasteiger partial charge in [-0.2, -0.15) is 5.10 Å². The maximum atomic E-state index is 12.0. The van der Waals surface area contributed by atoms with E-state index in [1.54, 1.807) is 12.3 Å². The van der Waals surface area contributed by atoms with E-state index in [9.17, 15) is 4.79 Å². The molecule has 0 bridgehead atoms. The van der Waals surface area contributed by atoms with Crippen molar-refractivity contribution in [1.82, 2.24) is 15.1 Å². The highest BCUT2D eigenvalue weighted by Crippen LogP contribution is 2.20. The molecule has 0 aromatic carbocycles. The molecule has 2 rings (SSSR count). The Balaban J connectivity index is 1.98. The van der Waals surface area contributed by atoms with Crippen LogP contribution in [0.2, 0.25) is 0 Å². The zero-order valence-electron chi connectivity index (χ0n) is 12.0. The number of piperidine rings is 1. The summed E-state index contributed by atoms with van der Waals surface area (Å²) in [5, 5.41) is 7.30. The van der Waals surface area contributed by atoms with Gasteiger partial charge in [0.15, 0.2) is 0 Å². The molecule has 1 unspecified atom stereocenters. The summed E-state index contributed by atoms with van der Waals surface area (Å²) < 4.78 is 1.47. The van der Waals surface area contributed by atoms with Gasteiger partial charge in [-0.15, -0.1) is 6.42 Å². The predicted molar refractivity (Wildman–Crippen MR) is 80.8 cm³/mol. The zero-order valence-corrected chi connectivity index (χ0v) is 12.0. The molecule has 5 nitrogen and oxygen atoms in total. The predicted octanol–water partition coefficient (Wildman–Crippen LogP) is 0.702. The molecule has 1 aromatic rings. The van der Waals surface area contributed by atoms with Gasteiger partial charge in [0.2, 0.25) is 0 Å². The Hall–Kier alpha value is -1.80. The van der Waals surface area contributed by atoms with Gasteiger partial charge in [-0.25, -0.2) is 4.68 Å². The summed E-state index contributed by atoms with van der Waals surface area (Å²) in [7, 11) is 0. The molecule has 0 radical (unpaired) electrons. The van der Waals surface area contributed by atoms with Crippen LogP contribution >= 0.6 is 0 Å². The molecule has 0 aliphatic carbocycles. The molecule has 1 fully saturated rings. The third kappa shape index (κ3) is 3.84. The first-order valence-corrected chi connectivity index (χ1v) is 7.17. The first-order chi connectivity index (χ1) is 9.70. The lowest BCUT2D eigenvalue weighted by atomic mass is 10.00. The fraction of sp³-hybridized carbons (Fsp3) is 0.600. The third-order valence-electron chi connectivity index (χ3n) is 3.60. The molecular weight excluding hydrogens is 252 g/mol. The van der Waals surface area contributed by atoms with Gasteiger partial charge in [0, 0.05) is 25.7 Å². The van der Waals surface area contributed by atoms with Gasteiger partial charge in [-0.3, -0.25) is 4.79 Å². The first kappa shape index (κ1) is 14.6. The Morgan fingerprint density at radius 3 is 3.15 bits per heavy atom. The van der Waals surface area contributed by atoms with Gasteiger partial charge >= 0.3 is 0 Å². The highest BCUT2D eigenvalue weighted by molar-refractivity contribution is 5.43. The number of rotatable bonds is 5. The van der Waals surface area contributed by atoms with E-state index < -0.39 is 0 Å². The van der Waals surface area contributed by atoms with Crippen LogP contribution in [0.1, 0.15) is 19.8 Å². The summed E-state index contributed by atoms with van der Waals surface area (Å²) in [6.07, 6.45) is 9.39. The van der Waals surface area contributed by atoms with E-state index in [1.165, 1.54) is 17.5 Å². The summed E-state index contributed by atoms with van der Waals surface area (Å²) in [6.45, 7) is 5.97. The molecule has 2 heterocycles. The van der Waals surface area contributed by atoms with Crippen molar-refractivity contribution < 1.29 is 0 Å². The van der Waals surface area contributed by atoms with Gasteiger partial charge in [-0.05, 0) is 18.8 Å². The van der Waals surface area contributed by atoms with Gasteiger partial charge < -0.3 is 10.2 Å². The molecule has 1 atom stereocenters. The van der Waals surface area contributed by atoms with Crippen LogP contribution in [0.15, 0.2) is 17.1 Å². The molecular formula is C15H22N4O. The van der Waals surface area contributed by atoms with E-state index in [0.717, 1.165) is 18.8 Å². The average molecular weight is 274 g/mol. The number of hydrogen-bond acceptors (Lipinski definition) is 4. The summed E-state index contributed by atoms with van der Waals surface area (Å²) in [5.74, 6) is 3.18. The molecule has 1 aliphatic heterocycles. The van der Waals surface area contributed by atoms with Crippen molar-refractivity contribution >= 4 is 5.69 Å². The Bertz CT molecular complexity index is 531. The largest absolute Gasteiger partial charge is 0.370 e. The summed E-state index contributed by atoms with van der Waals surface area (Å²) in [6, 6.07) is 1.69. The molecule has 0 amide bonds. The minimum atomic E-state index is -0.0526. The Morgan fingerprint density at radius 1 is 1.60 bits per heavy atom. The number of nitrogens with one attached hydrogen (secondary N) is 1. The maximum Gasteiger partial charge on any atom is 0.268 e. The minimum absolute atomic E-state index is 0.0526. The van der Waals surface area contributed by atoms with E-state index >= 15 is 0 Å². The van der Waals surface area contributed by atoms with Crippen LogP contribution in [-0.4, -0.2) is 36.0 Å². The second-order valence-corrected chi connectivity index (χ2v) is 5.35. The number of terminal acetylenes is 1. The summed E-state index contributed by atoms with van der Waals surface area (Å²) in [5.41, 5.74) is 0.887. The van der Waals surface area contributed by atoms with Crippen LogP contribution in [-0.2, 0) is 6.54 Å². The van der Waals surface area contributed by atoms with Crippen LogP contribution < -0.4 is 15.8 Å². The second kappa shape index (κ2) is 7.11. The molecule has 1 aromatic heterocycles. The van der Waals surface area contributed by atoms with Crippen molar-refractivity contribution in [3.63, 3.8) is 0 Å². The smallest absolute Gasteiger partial charge is 0.268 e. The van der Waals surface area contributed by atoms with Crippen LogP contribution in [0, 0.1) is 18.3 Å². The first-order valence-electron chi connectivity index (χ1n) is 7.17. The normalized spacial score (nSPS) is 18.8. The number of anilines is 1. The molecule has 5 heteroatoms. The van der Waals surface area contributed by atoms with Crippen molar-refractivity contribution in [2.75, 3.05) is 31.1 Å². The maximum absolute atomic E-state index is 12.0. The SMILES string of the molecule is C#CCNCCn1ncc(N2CCCC(C)C2)cc1=O. The topological polar surface area (TPSA) is 50.2 Å². The fourth-order valence-corrected chi connectivity index (χ4v) is 2.53. The summed E-state index contributed by atoms with van der Waals surface area (Å²) in [4.78, 5) is 14.3. The van der Waals surface area contributed by atoms with E-state index in [1.807, 2.05) is 0 Å². The fourth-order valence-electron chi connectivity index (χ4n) is 2.53. The van der Waals surface area contributed by atoms with Crippen molar-refractivity contribution in [1.29, 1.82) is 0 Å². The Morgan fingerprint density at radius 2 is 2.45 bits per heavy atom. The molecule has 0 saturated carbocycles. The van der Waals surface area contributed by atoms with Crippen molar-refractivity contribution in [2.24, 2.45) is 5.92 Å². The van der Waals surface area contributed by atoms with Gasteiger partial charge in [0.05, 0.1) is 25.0 Å². The molecule has 0 spiro atoms. The molecule has 1 N–H and O–H groups in total. The Labute approximate surface area is 120 Å². The zero-order chi connectivity index (χ0) is 14.4. The molecule has 20 heavy (non-hydrogen) atoms. The lowest BCUT2D eigenvalue weighted by molar-refractivity contribution is 0.445. The van der Waals surface area contributed by atoms with E-state index in [0.29, 0.717) is 25.6 Å². The standard InChI is InChI=1S/C15H22N4O/c1-3-6-16-7-9-19-15(20)10-14(11-17-19)18-8-4-5-13(2)12-18/h1,10-11,13,16H,4-9,12H2,2H3. The van der Waals surface area contributed by atoms with Crippen LogP contribution in [0.25, 0.3) is 0 Å². The van der Waals surface area contributed by atoms with Gasteiger partial charge in [0.1, 0.15) is 0 Å². The lowest BCUT2D eigenvalue weighted by Gasteiger charge is -2.32. The second-order valence-electron chi connectivity index (χ2n) is 5.35. The number of hydrogen-bond donors (Lipinski definition) is 1. The van der Waals surface area contributed by atoms with Crippen LogP contribution in [0.5, 0.6) is 0 Å². The van der Waals surface area contributed by atoms with E-state index in [2.05, 4.69) is 28.2 Å². The van der Waals surface area contributed by atoms with Crippen LogP contribution in [0.3, 0.4) is 0 Å². The minimum Gasteiger partial charge on any atom is -0.370 e. The monoisotopic (exact) mass is 274 g/mol. The van der Waals surface area contributed by atoms with Crippen LogP contribution in [0.4, 0.5) is 5.69 Å². The average Bonchev–Trinajstić information content (AvgIpc) is 2.45.